The van der Waals surface area contributed by atoms with E-state index in [0.29, 0.717) is 22.4 Å². The predicted octanol–water partition coefficient (Wildman–Crippen LogP) is 4.74. The number of benzene rings is 2. The lowest BCUT2D eigenvalue weighted by Crippen LogP contribution is -2.30. The number of nitrogens with zero attached hydrogens (tertiary/aromatic N) is 3. The van der Waals surface area contributed by atoms with Crippen LogP contribution in [0.2, 0.25) is 5.02 Å². The summed E-state index contributed by atoms with van der Waals surface area (Å²) in [6, 6.07) is 20.7. The molecular formula is C22H19ClN4O2. The lowest BCUT2D eigenvalue weighted by Gasteiger charge is -2.15. The number of aromatic nitrogens is 3. The van der Waals surface area contributed by atoms with E-state index in [1.807, 2.05) is 67.7 Å². The van der Waals surface area contributed by atoms with E-state index in [4.69, 9.17) is 16.1 Å². The lowest BCUT2D eigenvalue weighted by molar-refractivity contribution is -0.122. The highest BCUT2D eigenvalue weighted by Gasteiger charge is 2.16. The van der Waals surface area contributed by atoms with E-state index in [9.17, 15) is 4.79 Å². The molecule has 0 saturated carbocycles. The SMILES string of the molecule is C[C@@H](NC(=O)Cn1cccc1-c1nc(-c2cccc(Cl)c2)no1)c1ccccc1. The van der Waals surface area contributed by atoms with E-state index in [1.54, 1.807) is 16.7 Å². The Morgan fingerprint density at radius 3 is 2.76 bits per heavy atom. The zero-order valence-electron chi connectivity index (χ0n) is 15.7. The van der Waals surface area contributed by atoms with Gasteiger partial charge in [-0.2, -0.15) is 4.98 Å². The van der Waals surface area contributed by atoms with Gasteiger partial charge in [-0.25, -0.2) is 0 Å². The molecule has 2 aromatic heterocycles. The number of carbonyl (C=O) groups excluding carboxylic acids is 1. The van der Waals surface area contributed by atoms with E-state index in [0.717, 1.165) is 11.1 Å². The standard InChI is InChI=1S/C22H19ClN4O2/c1-15(16-7-3-2-4-8-16)24-20(28)14-27-12-6-11-19(27)22-25-21(26-29-22)17-9-5-10-18(23)13-17/h2-13,15H,14H2,1H3,(H,24,28)/t15-/m1/s1. The molecule has 6 nitrogen and oxygen atoms in total. The van der Waals surface area contributed by atoms with E-state index < -0.39 is 0 Å². The Bertz CT molecular complexity index is 1120. The van der Waals surface area contributed by atoms with E-state index in [1.165, 1.54) is 0 Å². The molecule has 4 rings (SSSR count). The van der Waals surface area contributed by atoms with Gasteiger partial charge in [-0.1, -0.05) is 59.2 Å². The lowest BCUT2D eigenvalue weighted by atomic mass is 10.1. The minimum atomic E-state index is -0.103. The molecule has 146 valence electrons. The first-order valence-electron chi connectivity index (χ1n) is 9.19. The topological polar surface area (TPSA) is 73.0 Å². The van der Waals surface area contributed by atoms with Crippen molar-refractivity contribution in [2.24, 2.45) is 0 Å². The number of carbonyl (C=O) groups is 1. The van der Waals surface area contributed by atoms with Crippen LogP contribution in [0.3, 0.4) is 0 Å². The third kappa shape index (κ3) is 4.38. The minimum absolute atomic E-state index is 0.0828. The molecule has 0 aliphatic rings. The fraction of sp³-hybridized carbons (Fsp3) is 0.136. The van der Waals surface area contributed by atoms with Gasteiger partial charge in [0.15, 0.2) is 0 Å². The van der Waals surface area contributed by atoms with Crippen LogP contribution in [-0.2, 0) is 11.3 Å². The van der Waals surface area contributed by atoms with Crippen LogP contribution in [0, 0.1) is 0 Å². The number of amides is 1. The number of halogens is 1. The smallest absolute Gasteiger partial charge is 0.274 e. The van der Waals surface area contributed by atoms with Crippen molar-refractivity contribution in [2.75, 3.05) is 0 Å². The number of nitrogens with one attached hydrogen (secondary N) is 1. The average Bonchev–Trinajstić information content (AvgIpc) is 3.38. The van der Waals surface area contributed by atoms with E-state index >= 15 is 0 Å². The van der Waals surface area contributed by atoms with Gasteiger partial charge in [-0.3, -0.25) is 4.79 Å². The van der Waals surface area contributed by atoms with Gasteiger partial charge in [0.2, 0.25) is 11.7 Å². The Morgan fingerprint density at radius 1 is 1.14 bits per heavy atom. The maximum absolute atomic E-state index is 12.5. The van der Waals surface area contributed by atoms with Crippen molar-refractivity contribution in [3.8, 4) is 23.0 Å². The molecule has 1 atom stereocenters. The monoisotopic (exact) mass is 406 g/mol. The first-order valence-corrected chi connectivity index (χ1v) is 9.57. The number of hydrogen-bond acceptors (Lipinski definition) is 4. The van der Waals surface area contributed by atoms with Crippen molar-refractivity contribution in [3.63, 3.8) is 0 Å². The van der Waals surface area contributed by atoms with Crippen LogP contribution in [0.5, 0.6) is 0 Å². The van der Waals surface area contributed by atoms with Crippen LogP contribution in [-0.4, -0.2) is 20.6 Å². The molecule has 1 N–H and O–H groups in total. The highest BCUT2D eigenvalue weighted by molar-refractivity contribution is 6.30. The molecule has 0 aliphatic carbocycles. The maximum Gasteiger partial charge on any atom is 0.274 e. The number of hydrogen-bond donors (Lipinski definition) is 1. The molecule has 0 spiro atoms. The third-order valence-corrected chi connectivity index (χ3v) is 4.78. The van der Waals surface area contributed by atoms with Gasteiger partial charge in [0.1, 0.15) is 12.2 Å². The Hall–Kier alpha value is -3.38. The first-order chi connectivity index (χ1) is 14.1. The normalized spacial score (nSPS) is 11.9. The highest BCUT2D eigenvalue weighted by Crippen LogP contribution is 2.24. The molecule has 7 heteroatoms. The second-order valence-corrected chi connectivity index (χ2v) is 7.09. The van der Waals surface area contributed by atoms with E-state index in [-0.39, 0.29) is 18.5 Å². The van der Waals surface area contributed by atoms with Gasteiger partial charge in [0.25, 0.3) is 5.89 Å². The molecule has 29 heavy (non-hydrogen) atoms. The van der Waals surface area contributed by atoms with Crippen molar-refractivity contribution >= 4 is 17.5 Å². The molecule has 2 heterocycles. The molecule has 0 aliphatic heterocycles. The zero-order chi connectivity index (χ0) is 20.2. The summed E-state index contributed by atoms with van der Waals surface area (Å²) in [4.78, 5) is 17.0. The van der Waals surface area contributed by atoms with Crippen LogP contribution >= 0.6 is 11.6 Å². The largest absolute Gasteiger partial charge is 0.348 e. The van der Waals surface area contributed by atoms with Gasteiger partial charge >= 0.3 is 0 Å². The molecule has 0 bridgehead atoms. The zero-order valence-corrected chi connectivity index (χ0v) is 16.5. The van der Waals surface area contributed by atoms with Crippen LogP contribution < -0.4 is 5.32 Å². The van der Waals surface area contributed by atoms with Gasteiger partial charge in [0, 0.05) is 16.8 Å². The Kier molecular flexibility index (Phi) is 5.44. The molecule has 0 fully saturated rings. The van der Waals surface area contributed by atoms with Gasteiger partial charge in [0.05, 0.1) is 6.04 Å². The minimum Gasteiger partial charge on any atom is -0.348 e. The fourth-order valence-corrected chi connectivity index (χ4v) is 3.28. The van der Waals surface area contributed by atoms with Gasteiger partial charge in [-0.05, 0) is 36.8 Å². The van der Waals surface area contributed by atoms with Crippen molar-refractivity contribution in [3.05, 3.63) is 83.5 Å². The Morgan fingerprint density at radius 2 is 1.97 bits per heavy atom. The molecule has 0 saturated heterocycles. The summed E-state index contributed by atoms with van der Waals surface area (Å²) in [5, 5.41) is 7.64. The Balaban J connectivity index is 1.48. The summed E-state index contributed by atoms with van der Waals surface area (Å²) in [6.45, 7) is 2.10. The summed E-state index contributed by atoms with van der Waals surface area (Å²) >= 11 is 6.03. The fourth-order valence-electron chi connectivity index (χ4n) is 3.09. The second kappa shape index (κ2) is 8.32. The summed E-state index contributed by atoms with van der Waals surface area (Å²) < 4.78 is 7.20. The van der Waals surface area contributed by atoms with Crippen LogP contribution in [0.15, 0.2) is 77.4 Å². The first kappa shape index (κ1) is 19.0. The van der Waals surface area contributed by atoms with Crippen LogP contribution in [0.4, 0.5) is 0 Å². The summed E-state index contributed by atoms with van der Waals surface area (Å²) in [7, 11) is 0. The molecule has 0 unspecified atom stereocenters. The molecular weight excluding hydrogens is 388 g/mol. The quantitative estimate of drug-likeness (QED) is 0.502. The van der Waals surface area contributed by atoms with Crippen molar-refractivity contribution in [2.45, 2.75) is 19.5 Å². The summed E-state index contributed by atoms with van der Waals surface area (Å²) in [5.41, 5.74) is 2.49. The summed E-state index contributed by atoms with van der Waals surface area (Å²) in [5.74, 6) is 0.680. The van der Waals surface area contributed by atoms with Crippen molar-refractivity contribution in [1.82, 2.24) is 20.0 Å². The average molecular weight is 407 g/mol. The Labute approximate surface area is 173 Å². The van der Waals surface area contributed by atoms with Crippen molar-refractivity contribution < 1.29 is 9.32 Å². The summed E-state index contributed by atoms with van der Waals surface area (Å²) in [6.07, 6.45) is 1.81. The second-order valence-electron chi connectivity index (χ2n) is 6.65. The van der Waals surface area contributed by atoms with Gasteiger partial charge < -0.3 is 14.4 Å². The van der Waals surface area contributed by atoms with E-state index in [2.05, 4.69) is 15.5 Å². The predicted molar refractivity (Wildman–Crippen MR) is 111 cm³/mol. The van der Waals surface area contributed by atoms with Crippen LogP contribution in [0.1, 0.15) is 18.5 Å². The third-order valence-electron chi connectivity index (χ3n) is 4.55. The molecule has 0 radical (unpaired) electrons. The maximum atomic E-state index is 12.5. The highest BCUT2D eigenvalue weighted by atomic mass is 35.5. The number of rotatable bonds is 6. The molecule has 2 aromatic carbocycles. The van der Waals surface area contributed by atoms with Gasteiger partial charge in [-0.15, -0.1) is 0 Å². The van der Waals surface area contributed by atoms with Crippen molar-refractivity contribution in [1.29, 1.82) is 0 Å². The molecule has 1 amide bonds. The molecule has 4 aromatic rings. The van der Waals surface area contributed by atoms with Crippen LogP contribution in [0.25, 0.3) is 23.0 Å².